The monoisotopic (exact) mass is 848 g/mol. The number of hydrogen-bond donors (Lipinski definition) is 0. The highest BCUT2D eigenvalue weighted by Gasteiger charge is 2.25. The Balaban J connectivity index is 4.47. The number of hydrogen-bond acceptors (Lipinski definition) is 7. The van der Waals surface area contributed by atoms with Gasteiger partial charge in [0.25, 0.3) is 0 Å². The summed E-state index contributed by atoms with van der Waals surface area (Å²) in [6.45, 7) is 4.40. The Hall–Kier alpha value is -4.01. The number of carboxylic acids is 1. The first kappa shape index (κ1) is 57.0. The maximum atomic E-state index is 12.7. The van der Waals surface area contributed by atoms with Gasteiger partial charge in [0.1, 0.15) is 12.6 Å². The van der Waals surface area contributed by atoms with E-state index in [9.17, 15) is 19.5 Å². The van der Waals surface area contributed by atoms with Gasteiger partial charge in [-0.3, -0.25) is 9.59 Å². The zero-order valence-corrected chi connectivity index (χ0v) is 39.0. The Bertz CT molecular complexity index is 1360. The molecule has 0 aromatic rings. The van der Waals surface area contributed by atoms with Crippen molar-refractivity contribution in [3.63, 3.8) is 0 Å². The molecule has 0 saturated carbocycles. The number of unbranched alkanes of at least 4 members (excludes halogenated alkanes) is 8. The van der Waals surface area contributed by atoms with Crippen molar-refractivity contribution in [3.8, 4) is 0 Å². The summed E-state index contributed by atoms with van der Waals surface area (Å²) in [4.78, 5) is 36.9. The van der Waals surface area contributed by atoms with Gasteiger partial charge in [-0.05, 0) is 89.9 Å². The van der Waals surface area contributed by atoms with E-state index in [2.05, 4.69) is 111 Å². The van der Waals surface area contributed by atoms with Crippen LogP contribution >= 0.6 is 0 Å². The molecule has 0 radical (unpaired) electrons. The highest BCUT2D eigenvalue weighted by molar-refractivity contribution is 5.70. The Kier molecular flexibility index (Phi) is 39.9. The first-order chi connectivity index (χ1) is 29.6. The lowest BCUT2D eigenvalue weighted by molar-refractivity contribution is -0.889. The minimum atomic E-state index is -1.14. The summed E-state index contributed by atoms with van der Waals surface area (Å²) >= 11 is 0. The molecule has 0 N–H and O–H groups in total. The number of quaternary nitrogens is 1. The van der Waals surface area contributed by atoms with Gasteiger partial charge < -0.3 is 28.6 Å². The number of esters is 2. The fourth-order valence-electron chi connectivity index (χ4n) is 6.04. The molecule has 344 valence electrons. The van der Waals surface area contributed by atoms with Crippen LogP contribution in [0.15, 0.2) is 109 Å². The lowest BCUT2D eigenvalue weighted by atomic mass is 10.1. The number of carbonyl (C=O) groups is 3. The predicted octanol–water partition coefficient (Wildman–Crippen LogP) is 11.9. The summed E-state index contributed by atoms with van der Waals surface area (Å²) in [5.41, 5.74) is 0. The molecule has 0 heterocycles. The van der Waals surface area contributed by atoms with Crippen LogP contribution in [0.5, 0.6) is 0 Å². The van der Waals surface area contributed by atoms with Crippen LogP contribution in [0.3, 0.4) is 0 Å². The third-order valence-electron chi connectivity index (χ3n) is 9.66. The fraction of sp³-hybridized carbons (Fsp3) is 0.604. The molecule has 0 aromatic heterocycles. The number of carboxylic acid groups (broad SMARTS) is 1. The van der Waals surface area contributed by atoms with Gasteiger partial charge in [-0.2, -0.15) is 0 Å². The van der Waals surface area contributed by atoms with Crippen molar-refractivity contribution in [2.75, 3.05) is 41.0 Å². The molecule has 0 saturated heterocycles. The van der Waals surface area contributed by atoms with Gasteiger partial charge >= 0.3 is 11.9 Å². The molecule has 0 aliphatic heterocycles. The third-order valence-corrected chi connectivity index (χ3v) is 9.66. The number of rotatable bonds is 40. The number of likely N-dealkylation sites (N-methyl/N-ethyl adjacent to an activating group) is 1. The van der Waals surface area contributed by atoms with Crippen LogP contribution in [-0.4, -0.2) is 75.5 Å². The Morgan fingerprint density at radius 1 is 0.508 bits per heavy atom. The number of carbonyl (C=O) groups excluding carboxylic acids is 3. The largest absolute Gasteiger partial charge is 0.544 e. The molecule has 0 aliphatic carbocycles. The van der Waals surface area contributed by atoms with Gasteiger partial charge in [0, 0.05) is 19.3 Å². The maximum Gasteiger partial charge on any atom is 0.306 e. The summed E-state index contributed by atoms with van der Waals surface area (Å²) in [6.07, 6.45) is 58.4. The number of nitrogens with zero attached hydrogens (tertiary/aromatic N) is 1. The second kappa shape index (κ2) is 42.7. The van der Waals surface area contributed by atoms with Gasteiger partial charge in [-0.15, -0.1) is 0 Å². The average Bonchev–Trinajstić information content (AvgIpc) is 3.22. The van der Waals surface area contributed by atoms with Crippen molar-refractivity contribution in [1.82, 2.24) is 0 Å². The lowest BCUT2D eigenvalue weighted by Gasteiger charge is -2.34. The smallest absolute Gasteiger partial charge is 0.306 e. The number of ether oxygens (including phenoxy) is 3. The van der Waals surface area contributed by atoms with Crippen LogP contribution in [0.2, 0.25) is 0 Å². The molecule has 8 heteroatoms. The minimum absolute atomic E-state index is 0.00217. The molecule has 8 nitrogen and oxygen atoms in total. The summed E-state index contributed by atoms with van der Waals surface area (Å²) in [5.74, 6) is -1.88. The van der Waals surface area contributed by atoms with Crippen molar-refractivity contribution in [1.29, 1.82) is 0 Å². The van der Waals surface area contributed by atoms with Crippen LogP contribution in [0.1, 0.15) is 155 Å². The molecule has 61 heavy (non-hydrogen) atoms. The van der Waals surface area contributed by atoms with E-state index in [4.69, 9.17) is 14.2 Å². The zero-order chi connectivity index (χ0) is 44.9. The van der Waals surface area contributed by atoms with Crippen LogP contribution < -0.4 is 5.11 Å². The van der Waals surface area contributed by atoms with Gasteiger partial charge in [0.2, 0.25) is 0 Å². The van der Waals surface area contributed by atoms with E-state index in [-0.39, 0.29) is 55.5 Å². The Morgan fingerprint density at radius 2 is 0.951 bits per heavy atom. The van der Waals surface area contributed by atoms with E-state index in [1.165, 1.54) is 25.7 Å². The van der Waals surface area contributed by atoms with Gasteiger partial charge in [-0.25, -0.2) is 0 Å². The predicted molar refractivity (Wildman–Crippen MR) is 254 cm³/mol. The quantitative estimate of drug-likeness (QED) is 0.0262. The van der Waals surface area contributed by atoms with Crippen molar-refractivity contribution in [3.05, 3.63) is 109 Å². The fourth-order valence-corrected chi connectivity index (χ4v) is 6.04. The van der Waals surface area contributed by atoms with Gasteiger partial charge in [0.15, 0.2) is 6.10 Å². The molecule has 0 fully saturated rings. The van der Waals surface area contributed by atoms with E-state index >= 15 is 0 Å². The number of allylic oxidation sites excluding steroid dienone is 18. The zero-order valence-electron chi connectivity index (χ0n) is 39.0. The van der Waals surface area contributed by atoms with Crippen LogP contribution in [0, 0.1) is 0 Å². The first-order valence-corrected chi connectivity index (χ1v) is 23.4. The Labute approximate surface area is 372 Å². The molecule has 0 aliphatic rings. The second-order valence-corrected chi connectivity index (χ2v) is 16.3. The van der Waals surface area contributed by atoms with Crippen molar-refractivity contribution < 1.29 is 38.2 Å². The summed E-state index contributed by atoms with van der Waals surface area (Å²) in [7, 11) is 5.37. The number of aliphatic carboxylic acids is 1. The molecule has 2 unspecified atom stereocenters. The van der Waals surface area contributed by atoms with Crippen molar-refractivity contribution in [2.24, 2.45) is 0 Å². The van der Waals surface area contributed by atoms with E-state index in [1.807, 2.05) is 12.2 Å². The molecule has 0 aromatic carbocycles. The first-order valence-electron chi connectivity index (χ1n) is 23.4. The SMILES string of the molecule is CC/C=C/C/C=C/C/C=C/C/C=C/C/C=C/CCC(=O)OCC(COCCC(C(=O)[O-])[N+](C)(C)C)OC(=O)CCCCCCC/C=C/C/C=C/C/C=C/C/C=C/CCCCC. The van der Waals surface area contributed by atoms with Crippen LogP contribution in [-0.2, 0) is 28.6 Å². The minimum Gasteiger partial charge on any atom is -0.544 e. The highest BCUT2D eigenvalue weighted by Crippen LogP contribution is 2.12. The van der Waals surface area contributed by atoms with Gasteiger partial charge in [0.05, 0.1) is 40.3 Å². The summed E-state index contributed by atoms with van der Waals surface area (Å²) in [5, 5.41) is 11.6. The van der Waals surface area contributed by atoms with E-state index in [0.29, 0.717) is 6.42 Å². The van der Waals surface area contributed by atoms with E-state index in [0.717, 1.165) is 89.9 Å². The molecule has 2 atom stereocenters. The van der Waals surface area contributed by atoms with Gasteiger partial charge in [-0.1, -0.05) is 155 Å². The molecule has 0 bridgehead atoms. The Morgan fingerprint density at radius 3 is 1.43 bits per heavy atom. The maximum absolute atomic E-state index is 12.7. The highest BCUT2D eigenvalue weighted by atomic mass is 16.6. The molecule has 0 spiro atoms. The topological polar surface area (TPSA) is 102 Å². The summed E-state index contributed by atoms with van der Waals surface area (Å²) < 4.78 is 17.1. The normalized spacial score (nSPS) is 13.9. The second-order valence-electron chi connectivity index (χ2n) is 16.3. The van der Waals surface area contributed by atoms with Crippen molar-refractivity contribution >= 4 is 17.9 Å². The lowest BCUT2D eigenvalue weighted by Crippen LogP contribution is -2.55. The third kappa shape index (κ3) is 41.1. The standard InChI is InChI=1S/C53H85NO7/c1-6-8-10-12-14-16-18-20-22-24-25-26-27-28-30-32-34-36-38-40-42-44-52(56)61-49(47-59-46-45-50(53(57)58)54(3,4)5)48-60-51(55)43-41-39-37-35-33-31-29-23-21-19-17-15-13-11-9-7-2/h9,11,14-17,20-23,25-26,28,30-31,33,37,39,49-50H,6-8,10,12-13,18-19,24,27,29,32,34-36,38,40-48H2,1-5H3/b11-9+,16-14+,17-15+,22-20+,23-21+,26-25+,30-28+,33-31+,39-37+. The summed E-state index contributed by atoms with van der Waals surface area (Å²) in [6, 6.07) is -0.747. The average molecular weight is 848 g/mol. The molecule has 0 rings (SSSR count). The van der Waals surface area contributed by atoms with Crippen LogP contribution in [0.25, 0.3) is 0 Å². The molecular weight excluding hydrogens is 763 g/mol. The molecule has 0 amide bonds. The van der Waals surface area contributed by atoms with Crippen molar-refractivity contribution in [2.45, 2.75) is 167 Å². The van der Waals surface area contributed by atoms with Crippen LogP contribution in [0.4, 0.5) is 0 Å². The molecular formula is C53H85NO7. The van der Waals surface area contributed by atoms with E-state index < -0.39 is 18.1 Å². The van der Waals surface area contributed by atoms with E-state index in [1.54, 1.807) is 21.1 Å².